The van der Waals surface area contributed by atoms with E-state index < -0.39 is 35.8 Å². The van der Waals surface area contributed by atoms with Crippen molar-refractivity contribution in [1.82, 2.24) is 19.7 Å². The first-order chi connectivity index (χ1) is 16.6. The highest BCUT2D eigenvalue weighted by Crippen LogP contribution is 2.32. The number of hydrogen-bond acceptors (Lipinski definition) is 6. The molecule has 0 radical (unpaired) electrons. The molecule has 0 atom stereocenters. The highest BCUT2D eigenvalue weighted by atomic mass is 32.1. The molecule has 0 fully saturated rings. The van der Waals surface area contributed by atoms with Crippen LogP contribution in [-0.4, -0.2) is 43.5 Å². The summed E-state index contributed by atoms with van der Waals surface area (Å²) in [7, 11) is 0. The van der Waals surface area contributed by atoms with Crippen molar-refractivity contribution in [2.45, 2.75) is 25.3 Å². The third-order valence-electron chi connectivity index (χ3n) is 4.28. The third-order valence-corrected chi connectivity index (χ3v) is 5.40. The van der Waals surface area contributed by atoms with E-state index in [0.717, 1.165) is 12.3 Å². The Balaban J connectivity index is 0.000000572. The van der Waals surface area contributed by atoms with E-state index >= 15 is 0 Å². The quantitative estimate of drug-likeness (QED) is 0.402. The molecule has 0 bridgehead atoms. The van der Waals surface area contributed by atoms with E-state index in [1.54, 1.807) is 12.1 Å². The summed E-state index contributed by atoms with van der Waals surface area (Å²) < 4.78 is 96.5. The number of aliphatic carboxylic acids is 1. The molecular weight excluding hydrogens is 530 g/mol. The van der Waals surface area contributed by atoms with Gasteiger partial charge < -0.3 is 10.8 Å². The number of nitrogens with zero attached hydrogens (tertiary/aromatic N) is 3. The Morgan fingerprint density at radius 1 is 1.11 bits per heavy atom. The van der Waals surface area contributed by atoms with Crippen molar-refractivity contribution in [3.8, 4) is 10.4 Å². The summed E-state index contributed by atoms with van der Waals surface area (Å²) in [5, 5.41) is 13.1. The fourth-order valence-corrected chi connectivity index (χ4v) is 3.52. The van der Waals surface area contributed by atoms with Gasteiger partial charge in [0.15, 0.2) is 0 Å². The lowest BCUT2D eigenvalue weighted by Crippen LogP contribution is -2.21. The predicted octanol–water partition coefficient (Wildman–Crippen LogP) is 4.05. The first-order valence-corrected chi connectivity index (χ1v) is 10.2. The van der Waals surface area contributed by atoms with Crippen molar-refractivity contribution >= 4 is 17.3 Å². The van der Waals surface area contributed by atoms with Crippen LogP contribution >= 0.6 is 11.3 Å². The Kier molecular flexibility index (Phi) is 9.09. The summed E-state index contributed by atoms with van der Waals surface area (Å²) >= 11 is 1.24. The van der Waals surface area contributed by atoms with E-state index in [9.17, 15) is 39.9 Å². The molecule has 17 heteroatoms. The molecular formula is C19H15F8N5O3S. The minimum Gasteiger partial charge on any atom is -0.475 e. The molecule has 3 rings (SSSR count). The number of aromatic nitrogens is 4. The third kappa shape index (κ3) is 7.70. The smallest absolute Gasteiger partial charge is 0.475 e. The zero-order valence-corrected chi connectivity index (χ0v) is 18.4. The number of carboxylic acid groups (broad SMARTS) is 1. The van der Waals surface area contributed by atoms with Crippen molar-refractivity contribution in [3.63, 3.8) is 0 Å². The Labute approximate surface area is 199 Å². The predicted molar refractivity (Wildman–Crippen MR) is 110 cm³/mol. The Hall–Kier alpha value is -3.60. The lowest BCUT2D eigenvalue weighted by atomic mass is 10.2. The van der Waals surface area contributed by atoms with Gasteiger partial charge in [0, 0.05) is 40.1 Å². The highest BCUT2D eigenvalue weighted by molar-refractivity contribution is 7.15. The number of carbonyl (C=O) groups is 1. The number of halogens is 8. The average molecular weight is 545 g/mol. The number of carboxylic acids is 1. The van der Waals surface area contributed by atoms with Gasteiger partial charge in [0.25, 0.3) is 6.08 Å². The number of thiophene rings is 1. The number of pyridine rings is 1. The molecule has 196 valence electrons. The average Bonchev–Trinajstić information content (AvgIpc) is 3.38. The lowest BCUT2D eigenvalue weighted by molar-refractivity contribution is -0.192. The molecule has 0 amide bonds. The van der Waals surface area contributed by atoms with Crippen molar-refractivity contribution in [2.24, 2.45) is 5.73 Å². The molecule has 0 unspecified atom stereocenters. The minimum absolute atomic E-state index is 0.0646. The van der Waals surface area contributed by atoms with Gasteiger partial charge in [0.1, 0.15) is 11.5 Å². The van der Waals surface area contributed by atoms with Gasteiger partial charge in [-0.25, -0.2) is 14.7 Å². The monoisotopic (exact) mass is 545 g/mol. The fraction of sp³-hybridized carbons (Fsp3) is 0.263. The van der Waals surface area contributed by atoms with Gasteiger partial charge in [-0.15, -0.1) is 11.3 Å². The van der Waals surface area contributed by atoms with Gasteiger partial charge in [-0.1, -0.05) is 0 Å². The maximum atomic E-state index is 12.8. The molecule has 3 heterocycles. The van der Waals surface area contributed by atoms with Crippen LogP contribution in [0.5, 0.6) is 0 Å². The SMILES string of the molecule is NCC(Cc1n[nH]c(=O)n1Cc1ccc(-c2ccc(C(F)(F)F)nc2)s1)=C(F)F.O=C(O)C(F)(F)F. The van der Waals surface area contributed by atoms with E-state index in [-0.39, 0.29) is 30.9 Å². The summed E-state index contributed by atoms with van der Waals surface area (Å²) in [6.45, 7) is -0.303. The molecule has 4 N–H and O–H groups in total. The Bertz CT molecular complexity index is 1270. The molecule has 3 aromatic heterocycles. The summed E-state index contributed by atoms with van der Waals surface area (Å²) in [6.07, 6.45) is -10.7. The van der Waals surface area contributed by atoms with Crippen LogP contribution < -0.4 is 11.4 Å². The molecule has 0 saturated carbocycles. The largest absolute Gasteiger partial charge is 0.490 e. The van der Waals surface area contributed by atoms with E-state index in [1.807, 2.05) is 0 Å². The van der Waals surface area contributed by atoms with Gasteiger partial charge in [0.2, 0.25) is 0 Å². The molecule has 0 aliphatic carbocycles. The number of nitrogens with two attached hydrogens (primary N) is 1. The van der Waals surface area contributed by atoms with Crippen LogP contribution in [0.1, 0.15) is 16.4 Å². The normalized spacial score (nSPS) is 11.6. The zero-order chi connectivity index (χ0) is 27.3. The van der Waals surface area contributed by atoms with Crippen LogP contribution in [-0.2, 0) is 23.9 Å². The maximum absolute atomic E-state index is 12.8. The number of alkyl halides is 6. The van der Waals surface area contributed by atoms with Gasteiger partial charge in [-0.05, 0) is 24.3 Å². The molecule has 3 aromatic rings. The lowest BCUT2D eigenvalue weighted by Gasteiger charge is -2.06. The molecule has 36 heavy (non-hydrogen) atoms. The highest BCUT2D eigenvalue weighted by Gasteiger charge is 2.38. The van der Waals surface area contributed by atoms with Crippen molar-refractivity contribution in [1.29, 1.82) is 0 Å². The molecule has 0 aliphatic rings. The Morgan fingerprint density at radius 3 is 2.22 bits per heavy atom. The van der Waals surface area contributed by atoms with Crippen LogP contribution in [0.4, 0.5) is 35.1 Å². The minimum atomic E-state index is -5.08. The number of nitrogens with one attached hydrogen (secondary N) is 1. The molecule has 0 saturated heterocycles. The van der Waals surface area contributed by atoms with Crippen LogP contribution in [0.25, 0.3) is 10.4 Å². The second-order valence-electron chi connectivity index (χ2n) is 6.77. The topological polar surface area (TPSA) is 127 Å². The second kappa shape index (κ2) is 11.4. The summed E-state index contributed by atoms with van der Waals surface area (Å²) in [5.74, 6) is -2.65. The molecule has 0 aliphatic heterocycles. The molecule has 8 nitrogen and oxygen atoms in total. The summed E-state index contributed by atoms with van der Waals surface area (Å²) in [4.78, 5) is 25.6. The van der Waals surface area contributed by atoms with Gasteiger partial charge >= 0.3 is 24.0 Å². The summed E-state index contributed by atoms with van der Waals surface area (Å²) in [6, 6.07) is 5.57. The van der Waals surface area contributed by atoms with Crippen LogP contribution in [0.15, 0.2) is 46.9 Å². The maximum Gasteiger partial charge on any atom is 0.490 e. The summed E-state index contributed by atoms with van der Waals surface area (Å²) in [5.41, 5.74) is 3.90. The Morgan fingerprint density at radius 2 is 1.75 bits per heavy atom. The molecule has 0 spiro atoms. The van der Waals surface area contributed by atoms with E-state index in [1.165, 1.54) is 22.0 Å². The van der Waals surface area contributed by atoms with Crippen molar-refractivity contribution in [3.05, 3.63) is 69.0 Å². The van der Waals surface area contributed by atoms with E-state index in [2.05, 4.69) is 15.2 Å². The number of H-pyrrole nitrogens is 1. The first kappa shape index (κ1) is 28.6. The van der Waals surface area contributed by atoms with Crippen molar-refractivity contribution < 1.29 is 45.0 Å². The zero-order valence-electron chi connectivity index (χ0n) is 17.6. The standard InChI is InChI=1S/C17H14F5N5OS.C2HF3O2/c18-15(19)10(6-23)5-14-25-26-16(28)27(14)8-11-2-3-12(29-11)9-1-4-13(24-7-9)17(20,21)22;3-2(4,5)1(6)7/h1-4,7H,5-6,8,23H2,(H,26,28);(H,6,7). The van der Waals surface area contributed by atoms with Gasteiger partial charge in [0.05, 0.1) is 6.54 Å². The first-order valence-electron chi connectivity index (χ1n) is 9.43. The molecule has 0 aromatic carbocycles. The van der Waals surface area contributed by atoms with E-state index in [0.29, 0.717) is 15.3 Å². The van der Waals surface area contributed by atoms with Gasteiger partial charge in [-0.3, -0.25) is 9.55 Å². The van der Waals surface area contributed by atoms with E-state index in [4.69, 9.17) is 15.6 Å². The second-order valence-corrected chi connectivity index (χ2v) is 7.94. The number of aromatic amines is 1. The van der Waals surface area contributed by atoms with Crippen LogP contribution in [0.2, 0.25) is 0 Å². The van der Waals surface area contributed by atoms with Crippen LogP contribution in [0, 0.1) is 0 Å². The number of rotatable bonds is 6. The van der Waals surface area contributed by atoms with Crippen LogP contribution in [0.3, 0.4) is 0 Å². The fourth-order valence-electron chi connectivity index (χ4n) is 2.54. The number of hydrogen-bond donors (Lipinski definition) is 3. The van der Waals surface area contributed by atoms with Crippen molar-refractivity contribution in [2.75, 3.05) is 6.54 Å². The van der Waals surface area contributed by atoms with Gasteiger partial charge in [-0.2, -0.15) is 40.2 Å².